The normalized spacial score (nSPS) is 9.89. The number of hydrogen-bond acceptors (Lipinski definition) is 4. The molecule has 0 fully saturated rings. The first kappa shape index (κ1) is 13.8. The summed E-state index contributed by atoms with van der Waals surface area (Å²) in [6.07, 6.45) is 0. The van der Waals surface area contributed by atoms with E-state index in [1.807, 2.05) is 6.92 Å². The van der Waals surface area contributed by atoms with Gasteiger partial charge >= 0.3 is 0 Å². The average Bonchev–Trinajstić information content (AvgIpc) is 2.37. The summed E-state index contributed by atoms with van der Waals surface area (Å²) in [6, 6.07) is 3.71. The van der Waals surface area contributed by atoms with Crippen LogP contribution >= 0.6 is 0 Å². The number of nitrogens with one attached hydrogen (secondary N) is 1. The fourth-order valence-corrected chi connectivity index (χ4v) is 1.23. The number of hydrogen-bond donors (Lipinski definition) is 3. The highest BCUT2D eigenvalue weighted by atomic mass is 16.3. The highest BCUT2D eigenvalue weighted by Crippen LogP contribution is 2.24. The molecule has 0 aromatic heterocycles. The van der Waals surface area contributed by atoms with E-state index in [9.17, 15) is 14.7 Å². The van der Waals surface area contributed by atoms with Crippen molar-refractivity contribution in [3.05, 3.63) is 23.8 Å². The lowest BCUT2D eigenvalue weighted by atomic mass is 10.2. The third kappa shape index (κ3) is 3.38. The van der Waals surface area contributed by atoms with Gasteiger partial charge in [-0.05, 0) is 25.1 Å². The van der Waals surface area contributed by atoms with E-state index in [2.05, 4.69) is 5.32 Å². The smallest absolute Gasteiger partial charge is 0.251 e. The Kier molecular flexibility index (Phi) is 4.53. The van der Waals surface area contributed by atoms with Crippen molar-refractivity contribution in [3.63, 3.8) is 0 Å². The number of nitrogens with zero attached hydrogens (tertiary/aromatic N) is 1. The first-order valence-electron chi connectivity index (χ1n) is 5.49. The third-order valence-electron chi connectivity index (χ3n) is 2.54. The molecule has 0 aliphatic rings. The van der Waals surface area contributed by atoms with Crippen molar-refractivity contribution in [3.8, 4) is 11.5 Å². The molecule has 6 nitrogen and oxygen atoms in total. The molecular formula is C12H16N2O4. The van der Waals surface area contributed by atoms with Crippen LogP contribution in [0.5, 0.6) is 11.5 Å². The summed E-state index contributed by atoms with van der Waals surface area (Å²) >= 11 is 0. The molecule has 1 aromatic rings. The molecule has 2 amide bonds. The molecule has 0 saturated carbocycles. The Morgan fingerprint density at radius 3 is 2.50 bits per heavy atom. The van der Waals surface area contributed by atoms with Gasteiger partial charge in [0.1, 0.15) is 0 Å². The van der Waals surface area contributed by atoms with E-state index < -0.39 is 5.91 Å². The van der Waals surface area contributed by atoms with Crippen LogP contribution in [0.3, 0.4) is 0 Å². The largest absolute Gasteiger partial charge is 0.504 e. The van der Waals surface area contributed by atoms with Crippen LogP contribution in [0.15, 0.2) is 18.2 Å². The van der Waals surface area contributed by atoms with Gasteiger partial charge in [-0.2, -0.15) is 0 Å². The fraction of sp³-hybridized carbons (Fsp3) is 0.333. The Hall–Kier alpha value is -2.24. The molecule has 0 unspecified atom stereocenters. The van der Waals surface area contributed by atoms with E-state index in [0.717, 1.165) is 6.07 Å². The predicted octanol–water partition coefficient (Wildman–Crippen LogP) is 0.306. The molecule has 1 aromatic carbocycles. The summed E-state index contributed by atoms with van der Waals surface area (Å²) in [5.74, 6) is -1.36. The monoisotopic (exact) mass is 252 g/mol. The van der Waals surface area contributed by atoms with Gasteiger partial charge in [0.25, 0.3) is 5.91 Å². The quantitative estimate of drug-likeness (QED) is 0.672. The predicted molar refractivity (Wildman–Crippen MR) is 65.4 cm³/mol. The van der Waals surface area contributed by atoms with Crippen molar-refractivity contribution in [2.45, 2.75) is 6.92 Å². The molecule has 0 spiro atoms. The minimum atomic E-state index is -0.483. The van der Waals surface area contributed by atoms with Crippen molar-refractivity contribution < 1.29 is 19.8 Å². The standard InChI is InChI=1S/C12H16N2O4/c1-3-14(2)11(17)7-13-12(18)8-4-5-9(15)10(16)6-8/h4-6,15-16H,3,7H2,1-2H3,(H,13,18). The zero-order valence-electron chi connectivity index (χ0n) is 10.3. The molecular weight excluding hydrogens is 236 g/mol. The van der Waals surface area contributed by atoms with Gasteiger partial charge < -0.3 is 20.4 Å². The van der Waals surface area contributed by atoms with Crippen LogP contribution in [0.2, 0.25) is 0 Å². The third-order valence-corrected chi connectivity index (χ3v) is 2.54. The van der Waals surface area contributed by atoms with Gasteiger partial charge in [0.15, 0.2) is 11.5 Å². The van der Waals surface area contributed by atoms with Gasteiger partial charge in [-0.1, -0.05) is 0 Å². The number of carbonyl (C=O) groups is 2. The molecule has 0 aliphatic carbocycles. The Bertz CT molecular complexity index is 459. The maximum atomic E-state index is 11.6. The molecule has 0 bridgehead atoms. The highest BCUT2D eigenvalue weighted by molar-refractivity contribution is 5.96. The summed E-state index contributed by atoms with van der Waals surface area (Å²) in [4.78, 5) is 24.6. The van der Waals surface area contributed by atoms with Crippen LogP contribution in [0, 0.1) is 0 Å². The zero-order valence-corrected chi connectivity index (χ0v) is 10.3. The molecule has 3 N–H and O–H groups in total. The van der Waals surface area contributed by atoms with Crippen molar-refractivity contribution in [1.82, 2.24) is 10.2 Å². The molecule has 0 radical (unpaired) electrons. The highest BCUT2D eigenvalue weighted by Gasteiger charge is 2.11. The number of phenolic OH excluding ortho intramolecular Hbond substituents is 2. The minimum absolute atomic E-state index is 0.106. The van der Waals surface area contributed by atoms with Crippen molar-refractivity contribution in [2.75, 3.05) is 20.1 Å². The first-order chi connectivity index (χ1) is 8.45. The summed E-state index contributed by atoms with van der Waals surface area (Å²) in [7, 11) is 1.64. The second kappa shape index (κ2) is 5.90. The van der Waals surface area contributed by atoms with Crippen LogP contribution in [-0.4, -0.2) is 47.1 Å². The molecule has 18 heavy (non-hydrogen) atoms. The maximum Gasteiger partial charge on any atom is 0.251 e. The van der Waals surface area contributed by atoms with Gasteiger partial charge in [-0.3, -0.25) is 9.59 Å². The van der Waals surface area contributed by atoms with Crippen LogP contribution < -0.4 is 5.32 Å². The van der Waals surface area contributed by atoms with Crippen LogP contribution in [0.4, 0.5) is 0 Å². The Morgan fingerprint density at radius 2 is 1.94 bits per heavy atom. The summed E-state index contributed by atoms with van der Waals surface area (Å²) < 4.78 is 0. The summed E-state index contributed by atoms with van der Waals surface area (Å²) in [6.45, 7) is 2.29. The number of carbonyl (C=O) groups excluding carboxylic acids is 2. The van der Waals surface area contributed by atoms with Crippen LogP contribution in [0.25, 0.3) is 0 Å². The minimum Gasteiger partial charge on any atom is -0.504 e. The average molecular weight is 252 g/mol. The van der Waals surface area contributed by atoms with Gasteiger partial charge in [-0.15, -0.1) is 0 Å². The fourth-order valence-electron chi connectivity index (χ4n) is 1.23. The topological polar surface area (TPSA) is 89.9 Å². The molecule has 1 rings (SSSR count). The number of amides is 2. The van der Waals surface area contributed by atoms with E-state index in [1.165, 1.54) is 17.0 Å². The second-order valence-corrected chi connectivity index (χ2v) is 3.79. The second-order valence-electron chi connectivity index (χ2n) is 3.79. The Labute approximate surface area is 105 Å². The maximum absolute atomic E-state index is 11.6. The lowest BCUT2D eigenvalue weighted by Crippen LogP contribution is -2.37. The molecule has 0 heterocycles. The molecule has 0 atom stereocenters. The number of aromatic hydroxyl groups is 2. The molecule has 98 valence electrons. The lowest BCUT2D eigenvalue weighted by Gasteiger charge is -2.14. The molecule has 0 saturated heterocycles. The van der Waals surface area contributed by atoms with E-state index in [0.29, 0.717) is 6.54 Å². The number of likely N-dealkylation sites (N-methyl/N-ethyl adjacent to an activating group) is 1. The van der Waals surface area contributed by atoms with Gasteiger partial charge in [-0.25, -0.2) is 0 Å². The first-order valence-corrected chi connectivity index (χ1v) is 5.49. The molecule has 6 heteroatoms. The number of rotatable bonds is 4. The van der Waals surface area contributed by atoms with Crippen LogP contribution in [0.1, 0.15) is 17.3 Å². The van der Waals surface area contributed by atoms with E-state index in [4.69, 9.17) is 5.11 Å². The summed E-state index contributed by atoms with van der Waals surface area (Å²) in [5.41, 5.74) is 0.178. The Balaban J connectivity index is 2.60. The van der Waals surface area contributed by atoms with Crippen molar-refractivity contribution in [2.24, 2.45) is 0 Å². The van der Waals surface area contributed by atoms with E-state index in [1.54, 1.807) is 7.05 Å². The van der Waals surface area contributed by atoms with Crippen LogP contribution in [-0.2, 0) is 4.79 Å². The van der Waals surface area contributed by atoms with E-state index in [-0.39, 0.29) is 29.5 Å². The molecule has 0 aliphatic heterocycles. The van der Waals surface area contributed by atoms with Crippen molar-refractivity contribution in [1.29, 1.82) is 0 Å². The van der Waals surface area contributed by atoms with E-state index >= 15 is 0 Å². The van der Waals surface area contributed by atoms with Crippen molar-refractivity contribution >= 4 is 11.8 Å². The zero-order chi connectivity index (χ0) is 13.7. The van der Waals surface area contributed by atoms with Gasteiger partial charge in [0, 0.05) is 19.2 Å². The number of benzene rings is 1. The van der Waals surface area contributed by atoms with Gasteiger partial charge in [0.2, 0.25) is 5.91 Å². The number of phenols is 2. The van der Waals surface area contributed by atoms with Gasteiger partial charge in [0.05, 0.1) is 6.54 Å². The lowest BCUT2D eigenvalue weighted by molar-refractivity contribution is -0.128. The SMILES string of the molecule is CCN(C)C(=O)CNC(=O)c1ccc(O)c(O)c1. The Morgan fingerprint density at radius 1 is 1.28 bits per heavy atom. The summed E-state index contributed by atoms with van der Waals surface area (Å²) in [5, 5.41) is 20.8.